The van der Waals surface area contributed by atoms with Crippen molar-refractivity contribution in [2.75, 3.05) is 0 Å². The molecular weight excluding hydrogens is 257 g/mol. The molecular formula is C2F5N3O2S2. The third kappa shape index (κ3) is 7.55. The largest absolute Gasteiger partial charge is 0.390 e. The van der Waals surface area contributed by atoms with Crippen LogP contribution in [-0.4, -0.2) is 12.2 Å². The fourth-order valence-electron chi connectivity index (χ4n) is 0.246. The van der Waals surface area contributed by atoms with Crippen LogP contribution in [0.2, 0.25) is 0 Å². The highest BCUT2D eigenvalue weighted by Gasteiger charge is 2.65. The Morgan fingerprint density at radius 1 is 0.929 bits per heavy atom. The van der Waals surface area contributed by atoms with Gasteiger partial charge in [-0.15, -0.1) is 0 Å². The molecule has 0 N–H and O–H groups in total. The molecule has 0 spiro atoms. The summed E-state index contributed by atoms with van der Waals surface area (Å²) in [6, 6.07) is 0. The highest BCUT2D eigenvalue weighted by molar-refractivity contribution is 8.46. The lowest BCUT2D eigenvalue weighted by Crippen LogP contribution is -2.01. The summed E-state index contributed by atoms with van der Waals surface area (Å²) < 4.78 is 63.2. The van der Waals surface area contributed by atoms with E-state index in [0.29, 0.717) is 12.2 Å². The van der Waals surface area contributed by atoms with Gasteiger partial charge >= 0.3 is 10.4 Å². The van der Waals surface area contributed by atoms with Gasteiger partial charge in [-0.05, 0) is 0 Å². The van der Waals surface area contributed by atoms with Crippen LogP contribution in [0.3, 0.4) is 0 Å². The minimum absolute atomic E-state index is 0.516. The molecule has 0 aromatic rings. The molecule has 82 valence electrons. The Labute approximate surface area is 76.0 Å². The molecule has 5 nitrogen and oxygen atoms in total. The second-order valence-corrected chi connectivity index (χ2v) is 4.92. The van der Waals surface area contributed by atoms with Gasteiger partial charge in [0, 0.05) is 0 Å². The van der Waals surface area contributed by atoms with Crippen LogP contribution >= 0.6 is 10.4 Å². The molecule has 14 heavy (non-hydrogen) atoms. The molecule has 0 aromatic heterocycles. The van der Waals surface area contributed by atoms with Crippen molar-refractivity contribution in [1.29, 1.82) is 0 Å². The normalized spacial score (nSPS) is 17.8. The van der Waals surface area contributed by atoms with Gasteiger partial charge in [0.15, 0.2) is 11.1 Å². The first-order chi connectivity index (χ1) is 5.97. The van der Waals surface area contributed by atoms with Crippen molar-refractivity contribution >= 4 is 33.6 Å². The Morgan fingerprint density at radius 2 is 1.29 bits per heavy atom. The van der Waals surface area contributed by atoms with Crippen molar-refractivity contribution < 1.29 is 29.0 Å². The van der Waals surface area contributed by atoms with E-state index in [2.05, 4.69) is 8.80 Å². The second-order valence-electron chi connectivity index (χ2n) is 1.61. The van der Waals surface area contributed by atoms with E-state index < -0.39 is 21.5 Å². The zero-order chi connectivity index (χ0) is 11.5. The molecule has 0 rings (SSSR count). The summed E-state index contributed by atoms with van der Waals surface area (Å²) in [4.78, 5) is 18.9. The predicted octanol–water partition coefficient (Wildman–Crippen LogP) is 2.50. The van der Waals surface area contributed by atoms with Gasteiger partial charge in [0.25, 0.3) is 0 Å². The zero-order valence-electron chi connectivity index (χ0n) is 5.86. The number of isocyanates is 2. The summed E-state index contributed by atoms with van der Waals surface area (Å²) in [5.41, 5.74) is 0. The number of hydrogen-bond donors (Lipinski definition) is 0. The van der Waals surface area contributed by atoms with Gasteiger partial charge in [-0.3, -0.25) is 0 Å². The quantitative estimate of drug-likeness (QED) is 0.442. The van der Waals surface area contributed by atoms with Crippen LogP contribution in [0.25, 0.3) is 0 Å². The Morgan fingerprint density at radius 3 is 1.50 bits per heavy atom. The maximum absolute atomic E-state index is 11.6. The number of halogens is 5. The minimum Gasteiger partial charge on any atom is -0.210 e. The number of rotatable bonds is 3. The number of carbonyl (C=O) groups excluding carboxylic acids is 2. The van der Waals surface area contributed by atoms with Crippen LogP contribution < -0.4 is 0 Å². The van der Waals surface area contributed by atoms with E-state index in [-0.39, 0.29) is 0 Å². The molecule has 0 unspecified atom stereocenters. The molecule has 0 aliphatic carbocycles. The number of hydrogen-bond acceptors (Lipinski definition) is 3. The monoisotopic (exact) mass is 257 g/mol. The van der Waals surface area contributed by atoms with Crippen molar-refractivity contribution in [3.05, 3.63) is 0 Å². The lowest BCUT2D eigenvalue weighted by molar-refractivity contribution is 0.368. The molecule has 0 radical (unpaired) electrons. The molecule has 0 aliphatic heterocycles. The second kappa shape index (κ2) is 2.95. The van der Waals surface area contributed by atoms with Crippen molar-refractivity contribution in [3.63, 3.8) is 0 Å². The van der Waals surface area contributed by atoms with E-state index in [1.54, 1.807) is 0 Å². The SMILES string of the molecule is O=C=NS(N=C=O)=NS(F)(F)(F)(F)F. The zero-order valence-corrected chi connectivity index (χ0v) is 7.50. The van der Waals surface area contributed by atoms with Crippen molar-refractivity contribution in [1.82, 2.24) is 0 Å². The smallest absolute Gasteiger partial charge is 0.210 e. The predicted molar refractivity (Wildman–Crippen MR) is 39.2 cm³/mol. The van der Waals surface area contributed by atoms with Crippen LogP contribution in [0.4, 0.5) is 19.4 Å². The molecule has 12 heteroatoms. The first-order valence-electron chi connectivity index (χ1n) is 2.36. The Balaban J connectivity index is 5.57. The molecule has 0 heterocycles. The third-order valence-electron chi connectivity index (χ3n) is 0.445. The van der Waals surface area contributed by atoms with Crippen LogP contribution in [0.5, 0.6) is 0 Å². The van der Waals surface area contributed by atoms with Crippen LogP contribution in [0, 0.1) is 0 Å². The summed E-state index contributed by atoms with van der Waals surface area (Å²) in [5, 5.41) is 0. The Hall–Kier alpha value is -1.09. The topological polar surface area (TPSA) is 71.2 Å². The molecule has 0 fully saturated rings. The summed E-state index contributed by atoms with van der Waals surface area (Å²) in [5.74, 6) is 0. The first-order valence-corrected chi connectivity index (χ1v) is 5.36. The van der Waals surface area contributed by atoms with Gasteiger partial charge in [-0.1, -0.05) is 32.0 Å². The molecule has 0 aliphatic rings. The van der Waals surface area contributed by atoms with Crippen molar-refractivity contribution in [3.8, 4) is 0 Å². The lowest BCUT2D eigenvalue weighted by Gasteiger charge is -2.33. The average molecular weight is 257 g/mol. The van der Waals surface area contributed by atoms with Crippen LogP contribution in [-0.2, 0) is 20.7 Å². The maximum atomic E-state index is 11.6. The summed E-state index contributed by atoms with van der Waals surface area (Å²) >= 11 is -3.17. The first kappa shape index (κ1) is 12.9. The van der Waals surface area contributed by atoms with Crippen LogP contribution in [0.1, 0.15) is 0 Å². The fraction of sp³-hybridized carbons (Fsp3) is 0. The number of nitrogens with zero attached hydrogens (tertiary/aromatic N) is 3. The van der Waals surface area contributed by atoms with Crippen molar-refractivity contribution in [2.24, 2.45) is 12.6 Å². The highest BCUT2D eigenvalue weighted by atomic mass is 32.5. The van der Waals surface area contributed by atoms with Gasteiger partial charge in [0.1, 0.15) is 0 Å². The minimum atomic E-state index is -10.1. The van der Waals surface area contributed by atoms with E-state index in [1.165, 1.54) is 0 Å². The maximum Gasteiger partial charge on any atom is 0.390 e. The van der Waals surface area contributed by atoms with E-state index >= 15 is 0 Å². The molecule has 0 saturated heterocycles. The molecule has 0 bridgehead atoms. The molecule has 0 saturated carbocycles. The molecule has 0 atom stereocenters. The van der Waals surface area contributed by atoms with Crippen molar-refractivity contribution in [2.45, 2.75) is 0 Å². The molecule has 0 aromatic carbocycles. The Kier molecular flexibility index (Phi) is 2.72. The van der Waals surface area contributed by atoms with Gasteiger partial charge < -0.3 is 0 Å². The standard InChI is InChI=1S/C2F5N3O2S2/c3-14(4,5,6,7)10-13(8-1-11)9-2-12. The van der Waals surface area contributed by atoms with Gasteiger partial charge in [0.2, 0.25) is 12.2 Å². The van der Waals surface area contributed by atoms with E-state index in [0.717, 1.165) is 3.77 Å². The summed E-state index contributed by atoms with van der Waals surface area (Å²) in [6.07, 6.45) is 1.03. The average Bonchev–Trinajstić information content (AvgIpc) is 1.81. The van der Waals surface area contributed by atoms with Gasteiger partial charge in [0.05, 0.1) is 0 Å². The van der Waals surface area contributed by atoms with Gasteiger partial charge in [-0.2, -0.15) is 0 Å². The van der Waals surface area contributed by atoms with E-state index in [1.807, 2.05) is 0 Å². The Bertz CT molecular complexity index is 352. The lowest BCUT2D eigenvalue weighted by atomic mass is 11.7. The van der Waals surface area contributed by atoms with E-state index in [4.69, 9.17) is 0 Å². The van der Waals surface area contributed by atoms with Gasteiger partial charge in [-0.25, -0.2) is 9.59 Å². The molecule has 0 amide bonds. The fourth-order valence-corrected chi connectivity index (χ4v) is 1.70. The summed E-state index contributed by atoms with van der Waals surface area (Å²) in [6.45, 7) is 0. The van der Waals surface area contributed by atoms with Crippen LogP contribution in [0.15, 0.2) is 12.6 Å². The highest BCUT2D eigenvalue weighted by Crippen LogP contribution is 2.99. The summed E-state index contributed by atoms with van der Waals surface area (Å²) in [7, 11) is -10.1. The van der Waals surface area contributed by atoms with E-state index in [9.17, 15) is 29.0 Å². The third-order valence-corrected chi connectivity index (χ3v) is 2.58.